The minimum atomic E-state index is -0.273. The summed E-state index contributed by atoms with van der Waals surface area (Å²) in [6.07, 6.45) is 5.68. The molecule has 1 atom stereocenters. The Hall–Kier alpha value is -0.770. The first-order chi connectivity index (χ1) is 6.74. The molecule has 0 saturated carbocycles. The van der Waals surface area contributed by atoms with Gasteiger partial charge in [-0.2, -0.15) is 0 Å². The van der Waals surface area contributed by atoms with Crippen LogP contribution in [0.25, 0.3) is 0 Å². The Morgan fingerprint density at radius 1 is 1.43 bits per heavy atom. The van der Waals surface area contributed by atoms with Gasteiger partial charge in [-0.1, -0.05) is 6.42 Å². The highest BCUT2D eigenvalue weighted by molar-refractivity contribution is 5.71. The van der Waals surface area contributed by atoms with Crippen LogP contribution < -0.4 is 11.5 Å². The summed E-state index contributed by atoms with van der Waals surface area (Å²) in [6.45, 7) is 2.40. The maximum absolute atomic E-state index is 11.0. The van der Waals surface area contributed by atoms with Crippen molar-refractivity contribution in [3.8, 4) is 0 Å². The Kier molecular flexibility index (Phi) is 4.73. The SMILES string of the molecule is NCCCC1CCCCN(C(N)=O)C1. The number of amides is 2. The highest BCUT2D eigenvalue weighted by Crippen LogP contribution is 2.20. The third-order valence-electron chi connectivity index (χ3n) is 2.90. The van der Waals surface area contributed by atoms with Crippen LogP contribution in [0, 0.1) is 5.92 Å². The van der Waals surface area contributed by atoms with Crippen LogP contribution in [-0.2, 0) is 0 Å². The zero-order valence-corrected chi connectivity index (χ0v) is 8.74. The number of rotatable bonds is 3. The molecule has 0 aliphatic carbocycles. The second-order valence-corrected chi connectivity index (χ2v) is 4.08. The monoisotopic (exact) mass is 199 g/mol. The topological polar surface area (TPSA) is 72.3 Å². The summed E-state index contributed by atoms with van der Waals surface area (Å²) >= 11 is 0. The van der Waals surface area contributed by atoms with Gasteiger partial charge in [0.25, 0.3) is 0 Å². The fraction of sp³-hybridized carbons (Fsp3) is 0.900. The molecule has 0 aromatic rings. The molecule has 4 N–H and O–H groups in total. The first-order valence-electron chi connectivity index (χ1n) is 5.48. The van der Waals surface area contributed by atoms with Crippen molar-refractivity contribution in [3.63, 3.8) is 0 Å². The standard InChI is InChI=1S/C10H21N3O/c11-6-3-5-9-4-1-2-7-13(8-9)10(12)14/h9H,1-8,11H2,(H2,12,14). The van der Waals surface area contributed by atoms with Crippen molar-refractivity contribution in [2.75, 3.05) is 19.6 Å². The number of primary amides is 1. The lowest BCUT2D eigenvalue weighted by atomic mass is 9.98. The van der Waals surface area contributed by atoms with Crippen molar-refractivity contribution in [2.45, 2.75) is 32.1 Å². The largest absolute Gasteiger partial charge is 0.351 e. The molecule has 0 spiro atoms. The summed E-state index contributed by atoms with van der Waals surface area (Å²) in [5, 5.41) is 0. The highest BCUT2D eigenvalue weighted by atomic mass is 16.2. The van der Waals surface area contributed by atoms with Crippen molar-refractivity contribution in [1.82, 2.24) is 4.90 Å². The van der Waals surface area contributed by atoms with Crippen molar-refractivity contribution in [2.24, 2.45) is 17.4 Å². The van der Waals surface area contributed by atoms with Crippen molar-refractivity contribution >= 4 is 6.03 Å². The molecule has 14 heavy (non-hydrogen) atoms. The molecule has 1 aliphatic rings. The average molecular weight is 199 g/mol. The Morgan fingerprint density at radius 3 is 2.86 bits per heavy atom. The van der Waals surface area contributed by atoms with Gasteiger partial charge in [-0.3, -0.25) is 0 Å². The summed E-state index contributed by atoms with van der Waals surface area (Å²) in [6, 6.07) is -0.273. The van der Waals surface area contributed by atoms with Gasteiger partial charge in [-0.05, 0) is 38.1 Å². The van der Waals surface area contributed by atoms with Gasteiger partial charge in [-0.15, -0.1) is 0 Å². The molecular weight excluding hydrogens is 178 g/mol. The molecule has 1 unspecified atom stereocenters. The number of hydrogen-bond acceptors (Lipinski definition) is 2. The molecule has 1 aliphatic heterocycles. The van der Waals surface area contributed by atoms with Gasteiger partial charge >= 0.3 is 6.03 Å². The number of urea groups is 1. The maximum Gasteiger partial charge on any atom is 0.314 e. The van der Waals surface area contributed by atoms with E-state index in [9.17, 15) is 4.79 Å². The number of carbonyl (C=O) groups is 1. The van der Waals surface area contributed by atoms with E-state index in [1.807, 2.05) is 0 Å². The molecule has 1 fully saturated rings. The van der Waals surface area contributed by atoms with Crippen LogP contribution in [0.4, 0.5) is 4.79 Å². The molecule has 82 valence electrons. The lowest BCUT2D eigenvalue weighted by Gasteiger charge is -2.22. The molecule has 0 aromatic heterocycles. The number of nitrogens with zero attached hydrogens (tertiary/aromatic N) is 1. The number of carbonyl (C=O) groups excluding carboxylic acids is 1. The van der Waals surface area contributed by atoms with E-state index in [-0.39, 0.29) is 6.03 Å². The molecule has 1 heterocycles. The quantitative estimate of drug-likeness (QED) is 0.709. The molecule has 4 heteroatoms. The summed E-state index contributed by atoms with van der Waals surface area (Å²) in [7, 11) is 0. The van der Waals surface area contributed by atoms with E-state index < -0.39 is 0 Å². The predicted molar refractivity (Wildman–Crippen MR) is 56.8 cm³/mol. The zero-order valence-electron chi connectivity index (χ0n) is 8.74. The van der Waals surface area contributed by atoms with Gasteiger partial charge in [0.2, 0.25) is 0 Å². The van der Waals surface area contributed by atoms with E-state index in [4.69, 9.17) is 11.5 Å². The maximum atomic E-state index is 11.0. The summed E-state index contributed by atoms with van der Waals surface area (Å²) in [4.78, 5) is 12.8. The van der Waals surface area contributed by atoms with E-state index in [0.717, 1.165) is 38.9 Å². The second kappa shape index (κ2) is 5.86. The Labute approximate surface area is 85.6 Å². The van der Waals surface area contributed by atoms with Crippen molar-refractivity contribution in [3.05, 3.63) is 0 Å². The van der Waals surface area contributed by atoms with E-state index in [0.29, 0.717) is 5.92 Å². The molecule has 0 aromatic carbocycles. The molecule has 0 radical (unpaired) electrons. The molecule has 1 rings (SSSR count). The van der Waals surface area contributed by atoms with Crippen LogP contribution in [0.3, 0.4) is 0 Å². The molecule has 0 bridgehead atoms. The minimum absolute atomic E-state index is 0.273. The first-order valence-corrected chi connectivity index (χ1v) is 5.48. The van der Waals surface area contributed by atoms with Gasteiger partial charge < -0.3 is 16.4 Å². The third kappa shape index (κ3) is 3.54. The molecule has 2 amide bonds. The van der Waals surface area contributed by atoms with Gasteiger partial charge in [0.15, 0.2) is 0 Å². The van der Waals surface area contributed by atoms with Crippen LogP contribution in [-0.4, -0.2) is 30.6 Å². The number of likely N-dealkylation sites (tertiary alicyclic amines) is 1. The van der Waals surface area contributed by atoms with E-state index in [1.54, 1.807) is 4.90 Å². The Balaban J connectivity index is 2.38. The minimum Gasteiger partial charge on any atom is -0.351 e. The Morgan fingerprint density at radius 2 is 2.21 bits per heavy atom. The number of nitrogens with two attached hydrogens (primary N) is 2. The fourth-order valence-corrected chi connectivity index (χ4v) is 2.07. The lowest BCUT2D eigenvalue weighted by molar-refractivity contribution is 0.200. The molecule has 1 saturated heterocycles. The van der Waals surface area contributed by atoms with Crippen LogP contribution in [0.2, 0.25) is 0 Å². The fourth-order valence-electron chi connectivity index (χ4n) is 2.07. The average Bonchev–Trinajstić information content (AvgIpc) is 2.39. The number of hydrogen-bond donors (Lipinski definition) is 2. The van der Waals surface area contributed by atoms with Crippen LogP contribution in [0.15, 0.2) is 0 Å². The van der Waals surface area contributed by atoms with E-state index in [1.165, 1.54) is 12.8 Å². The van der Waals surface area contributed by atoms with Gasteiger partial charge in [-0.25, -0.2) is 4.79 Å². The summed E-state index contributed by atoms with van der Waals surface area (Å²) in [5.74, 6) is 0.605. The first kappa shape index (κ1) is 11.3. The van der Waals surface area contributed by atoms with Gasteiger partial charge in [0.1, 0.15) is 0 Å². The normalized spacial score (nSPS) is 23.2. The third-order valence-corrected chi connectivity index (χ3v) is 2.90. The van der Waals surface area contributed by atoms with Crippen LogP contribution in [0.5, 0.6) is 0 Å². The Bertz CT molecular complexity index is 184. The van der Waals surface area contributed by atoms with Gasteiger partial charge in [0, 0.05) is 13.1 Å². The molecular formula is C10H21N3O. The van der Waals surface area contributed by atoms with Crippen molar-refractivity contribution < 1.29 is 4.79 Å². The lowest BCUT2D eigenvalue weighted by Crippen LogP contribution is -2.38. The summed E-state index contributed by atoms with van der Waals surface area (Å²) in [5.41, 5.74) is 10.8. The summed E-state index contributed by atoms with van der Waals surface area (Å²) < 4.78 is 0. The predicted octanol–water partition coefficient (Wildman–Crippen LogP) is 0.906. The second-order valence-electron chi connectivity index (χ2n) is 4.08. The van der Waals surface area contributed by atoms with E-state index in [2.05, 4.69) is 0 Å². The van der Waals surface area contributed by atoms with Crippen molar-refractivity contribution in [1.29, 1.82) is 0 Å². The molecule has 4 nitrogen and oxygen atoms in total. The smallest absolute Gasteiger partial charge is 0.314 e. The van der Waals surface area contributed by atoms with Crippen LogP contribution in [0.1, 0.15) is 32.1 Å². The highest BCUT2D eigenvalue weighted by Gasteiger charge is 2.19. The zero-order chi connectivity index (χ0) is 10.4. The van der Waals surface area contributed by atoms with Crippen LogP contribution >= 0.6 is 0 Å². The van der Waals surface area contributed by atoms with Gasteiger partial charge in [0.05, 0.1) is 0 Å². The van der Waals surface area contributed by atoms with E-state index >= 15 is 0 Å².